The Morgan fingerprint density at radius 2 is 1.89 bits per heavy atom. The van der Waals surface area contributed by atoms with Gasteiger partial charge in [0, 0.05) is 30.5 Å². The summed E-state index contributed by atoms with van der Waals surface area (Å²) in [5.74, 6) is -1.24. The molecule has 134 valence electrons. The highest BCUT2D eigenvalue weighted by molar-refractivity contribution is 5.92. The molecule has 3 aromatic heterocycles. The van der Waals surface area contributed by atoms with Crippen molar-refractivity contribution in [1.29, 1.82) is 0 Å². The molecule has 27 heavy (non-hydrogen) atoms. The molecule has 0 aliphatic carbocycles. The molecule has 0 saturated carbocycles. The van der Waals surface area contributed by atoms with Crippen molar-refractivity contribution in [3.05, 3.63) is 88.2 Å². The number of benzene rings is 1. The van der Waals surface area contributed by atoms with E-state index in [-0.39, 0.29) is 5.56 Å². The lowest BCUT2D eigenvalue weighted by molar-refractivity contribution is 0.0695. The Balaban J connectivity index is 1.74. The Hall–Kier alpha value is -3.74. The normalized spacial score (nSPS) is 11.0. The number of rotatable bonds is 4. The highest BCUT2D eigenvalue weighted by Crippen LogP contribution is 2.15. The molecule has 3 heterocycles. The number of nitrogens with zero attached hydrogens (tertiary/aromatic N) is 4. The number of carboxylic acid groups (broad SMARTS) is 1. The summed E-state index contributed by atoms with van der Waals surface area (Å²) in [5, 5.41) is 14.0. The quantitative estimate of drug-likeness (QED) is 0.604. The predicted molar refractivity (Wildman–Crippen MR) is 100 cm³/mol. The lowest BCUT2D eigenvalue weighted by atomic mass is 10.1. The van der Waals surface area contributed by atoms with Crippen LogP contribution in [0, 0.1) is 6.92 Å². The maximum absolute atomic E-state index is 12.3. The maximum atomic E-state index is 12.3. The van der Waals surface area contributed by atoms with Gasteiger partial charge >= 0.3 is 5.97 Å². The predicted octanol–water partition coefficient (Wildman–Crippen LogP) is 2.64. The fraction of sp³-hybridized carbons (Fsp3) is 0.100. The van der Waals surface area contributed by atoms with Crippen molar-refractivity contribution < 1.29 is 9.90 Å². The summed E-state index contributed by atoms with van der Waals surface area (Å²) < 4.78 is 3.53. The van der Waals surface area contributed by atoms with Crippen molar-refractivity contribution in [1.82, 2.24) is 19.3 Å². The second kappa shape index (κ2) is 6.53. The molecular formula is C20H16N4O3. The van der Waals surface area contributed by atoms with Gasteiger partial charge in [-0.15, -0.1) is 0 Å². The van der Waals surface area contributed by atoms with Gasteiger partial charge in [-0.1, -0.05) is 12.1 Å². The van der Waals surface area contributed by atoms with Crippen LogP contribution in [0.15, 0.2) is 66.1 Å². The summed E-state index contributed by atoms with van der Waals surface area (Å²) in [5.41, 5.74) is 2.82. The fourth-order valence-electron chi connectivity index (χ4n) is 3.02. The average molecular weight is 360 g/mol. The summed E-state index contributed by atoms with van der Waals surface area (Å²) in [6.07, 6.45) is 8.17. The van der Waals surface area contributed by atoms with Gasteiger partial charge in [0.25, 0.3) is 0 Å². The Labute approximate surface area is 154 Å². The summed E-state index contributed by atoms with van der Waals surface area (Å²) in [6.45, 7) is 2.40. The van der Waals surface area contributed by atoms with Crippen LogP contribution in [-0.4, -0.2) is 30.4 Å². The average Bonchev–Trinajstić information content (AvgIpc) is 3.11. The van der Waals surface area contributed by atoms with Gasteiger partial charge in [-0.25, -0.2) is 9.48 Å². The molecule has 7 nitrogen and oxygen atoms in total. The van der Waals surface area contributed by atoms with Crippen LogP contribution in [0.5, 0.6) is 0 Å². The number of carboxylic acids is 1. The van der Waals surface area contributed by atoms with Crippen molar-refractivity contribution in [2.24, 2.45) is 0 Å². The van der Waals surface area contributed by atoms with Crippen molar-refractivity contribution in [3.63, 3.8) is 0 Å². The van der Waals surface area contributed by atoms with Gasteiger partial charge in [0.2, 0.25) is 5.43 Å². The van der Waals surface area contributed by atoms with Crippen molar-refractivity contribution in [3.8, 4) is 5.69 Å². The van der Waals surface area contributed by atoms with Gasteiger partial charge in [-0.2, -0.15) is 5.10 Å². The summed E-state index contributed by atoms with van der Waals surface area (Å²) in [4.78, 5) is 27.8. The van der Waals surface area contributed by atoms with Crippen LogP contribution in [0.2, 0.25) is 0 Å². The molecular weight excluding hydrogens is 344 g/mol. The molecule has 0 saturated heterocycles. The third-order valence-electron chi connectivity index (χ3n) is 4.38. The number of carbonyl (C=O) groups is 1. The Kier molecular flexibility index (Phi) is 4.04. The molecule has 0 radical (unpaired) electrons. The van der Waals surface area contributed by atoms with Crippen LogP contribution in [0.4, 0.5) is 0 Å². The van der Waals surface area contributed by atoms with E-state index in [1.807, 2.05) is 37.4 Å². The third kappa shape index (κ3) is 3.10. The van der Waals surface area contributed by atoms with Gasteiger partial charge in [0.05, 0.1) is 23.6 Å². The Bertz CT molecular complexity index is 1210. The van der Waals surface area contributed by atoms with E-state index in [2.05, 4.69) is 10.1 Å². The van der Waals surface area contributed by atoms with Crippen molar-refractivity contribution in [2.45, 2.75) is 13.5 Å². The molecule has 1 aromatic carbocycles. The topological polar surface area (TPSA) is 90.0 Å². The minimum absolute atomic E-state index is 0.252. The molecule has 4 rings (SSSR count). The number of hydrogen-bond acceptors (Lipinski definition) is 4. The smallest absolute Gasteiger partial charge is 0.341 e. The summed E-state index contributed by atoms with van der Waals surface area (Å²) in [7, 11) is 0. The second-order valence-corrected chi connectivity index (χ2v) is 6.33. The van der Waals surface area contributed by atoms with Gasteiger partial charge in [0.1, 0.15) is 5.56 Å². The standard InChI is InChI=1S/C20H16N4O3/c1-13-8-22-24(10-13)15-4-2-14(3-5-15)11-23-12-17(20(26)27)19(25)16-6-7-21-9-18(16)23/h2-10,12H,11H2,1H3,(H,26,27). The Morgan fingerprint density at radius 3 is 2.56 bits per heavy atom. The Morgan fingerprint density at radius 1 is 1.11 bits per heavy atom. The largest absolute Gasteiger partial charge is 0.477 e. The summed E-state index contributed by atoms with van der Waals surface area (Å²) >= 11 is 0. The van der Waals surface area contributed by atoms with E-state index in [1.54, 1.807) is 27.7 Å². The minimum atomic E-state index is -1.24. The van der Waals surface area contributed by atoms with E-state index in [0.29, 0.717) is 17.4 Å². The SMILES string of the molecule is Cc1cnn(-c2ccc(Cn3cc(C(=O)O)c(=O)c4ccncc43)cc2)c1. The number of aryl methyl sites for hydroxylation is 1. The zero-order valence-corrected chi connectivity index (χ0v) is 14.5. The lowest BCUT2D eigenvalue weighted by Crippen LogP contribution is -2.19. The molecule has 0 fully saturated rings. The van der Waals surface area contributed by atoms with Crippen LogP contribution in [0.25, 0.3) is 16.6 Å². The maximum Gasteiger partial charge on any atom is 0.341 e. The van der Waals surface area contributed by atoms with Crippen LogP contribution in [0.3, 0.4) is 0 Å². The van der Waals surface area contributed by atoms with Crippen LogP contribution >= 0.6 is 0 Å². The monoisotopic (exact) mass is 360 g/mol. The zero-order chi connectivity index (χ0) is 19.0. The molecule has 0 spiro atoms. The van der Waals surface area contributed by atoms with E-state index in [9.17, 15) is 14.7 Å². The van der Waals surface area contributed by atoms with E-state index in [1.165, 1.54) is 12.4 Å². The zero-order valence-electron chi connectivity index (χ0n) is 14.5. The van der Waals surface area contributed by atoms with Gasteiger partial charge < -0.3 is 9.67 Å². The van der Waals surface area contributed by atoms with Crippen molar-refractivity contribution in [2.75, 3.05) is 0 Å². The number of hydrogen-bond donors (Lipinski definition) is 1. The van der Waals surface area contributed by atoms with Gasteiger partial charge in [-0.3, -0.25) is 9.78 Å². The number of aromatic carboxylic acids is 1. The first-order valence-corrected chi connectivity index (χ1v) is 8.34. The molecule has 0 aliphatic rings. The number of aromatic nitrogens is 4. The summed E-state index contributed by atoms with van der Waals surface area (Å²) in [6, 6.07) is 9.34. The van der Waals surface area contributed by atoms with Gasteiger partial charge in [0.15, 0.2) is 0 Å². The molecule has 1 N–H and O–H groups in total. The van der Waals surface area contributed by atoms with E-state index >= 15 is 0 Å². The molecule has 4 aromatic rings. The number of pyridine rings is 2. The van der Waals surface area contributed by atoms with Crippen LogP contribution < -0.4 is 5.43 Å². The molecule has 7 heteroatoms. The highest BCUT2D eigenvalue weighted by atomic mass is 16.4. The van der Waals surface area contributed by atoms with Crippen LogP contribution in [-0.2, 0) is 6.54 Å². The molecule has 0 amide bonds. The fourth-order valence-corrected chi connectivity index (χ4v) is 3.02. The molecule has 0 atom stereocenters. The van der Waals surface area contributed by atoms with Crippen LogP contribution in [0.1, 0.15) is 21.5 Å². The molecule has 0 bridgehead atoms. The van der Waals surface area contributed by atoms with Crippen molar-refractivity contribution >= 4 is 16.9 Å². The van der Waals surface area contributed by atoms with E-state index in [0.717, 1.165) is 16.8 Å². The van der Waals surface area contributed by atoms with E-state index < -0.39 is 11.4 Å². The first kappa shape index (κ1) is 16.7. The molecule has 0 unspecified atom stereocenters. The van der Waals surface area contributed by atoms with E-state index in [4.69, 9.17) is 0 Å². The third-order valence-corrected chi connectivity index (χ3v) is 4.38. The van der Waals surface area contributed by atoms with Gasteiger partial charge in [-0.05, 0) is 36.2 Å². The first-order valence-electron chi connectivity index (χ1n) is 8.34. The lowest BCUT2D eigenvalue weighted by Gasteiger charge is -2.12. The second-order valence-electron chi connectivity index (χ2n) is 6.33. The first-order chi connectivity index (χ1) is 13.0. The number of fused-ring (bicyclic) bond motifs is 1. The molecule has 0 aliphatic heterocycles. The highest BCUT2D eigenvalue weighted by Gasteiger charge is 2.14. The minimum Gasteiger partial charge on any atom is -0.477 e.